The monoisotopic (exact) mass is 328 g/mol. The van der Waals surface area contributed by atoms with Gasteiger partial charge < -0.3 is 4.74 Å². The normalized spacial score (nSPS) is 10.5. The molecule has 0 amide bonds. The van der Waals surface area contributed by atoms with Crippen molar-refractivity contribution in [2.24, 2.45) is 0 Å². The number of carbonyl (C=O) groups is 1. The fourth-order valence-corrected chi connectivity index (χ4v) is 2.27. The first-order valence-electron chi connectivity index (χ1n) is 6.87. The summed E-state index contributed by atoms with van der Waals surface area (Å²) in [6, 6.07) is 14.4. The maximum Gasteiger partial charge on any atom is 0.337 e. The summed E-state index contributed by atoms with van der Waals surface area (Å²) in [5.74, 6) is 0.150. The number of aromatic nitrogens is 4. The molecule has 0 saturated carbocycles. The van der Waals surface area contributed by atoms with Crippen LogP contribution in [0.15, 0.2) is 48.5 Å². The van der Waals surface area contributed by atoms with Crippen molar-refractivity contribution in [3.63, 3.8) is 0 Å². The summed E-state index contributed by atoms with van der Waals surface area (Å²) < 4.78 is 4.67. The van der Waals surface area contributed by atoms with Crippen LogP contribution in [0.4, 0.5) is 0 Å². The number of carbonyl (C=O) groups excluding carboxylic acids is 1. The largest absolute Gasteiger partial charge is 0.465 e. The highest BCUT2D eigenvalue weighted by molar-refractivity contribution is 6.30. The minimum absolute atomic E-state index is 0.362. The Hall–Kier alpha value is -2.73. The highest BCUT2D eigenvalue weighted by Crippen LogP contribution is 2.18. The van der Waals surface area contributed by atoms with Gasteiger partial charge in [-0.25, -0.2) is 4.79 Å². The van der Waals surface area contributed by atoms with Gasteiger partial charge in [-0.05, 0) is 35.0 Å². The van der Waals surface area contributed by atoms with Crippen molar-refractivity contribution in [1.82, 2.24) is 20.2 Å². The minimum atomic E-state index is -0.362. The van der Waals surface area contributed by atoms with Crippen LogP contribution in [-0.2, 0) is 11.3 Å². The zero-order chi connectivity index (χ0) is 16.2. The topological polar surface area (TPSA) is 69.9 Å². The molecule has 3 rings (SSSR count). The predicted molar refractivity (Wildman–Crippen MR) is 85.1 cm³/mol. The van der Waals surface area contributed by atoms with E-state index in [-0.39, 0.29) is 5.97 Å². The molecule has 0 atom stereocenters. The molecule has 0 fully saturated rings. The van der Waals surface area contributed by atoms with E-state index < -0.39 is 0 Å². The molecule has 0 bridgehead atoms. The van der Waals surface area contributed by atoms with E-state index in [0.29, 0.717) is 23.0 Å². The van der Waals surface area contributed by atoms with E-state index >= 15 is 0 Å². The Morgan fingerprint density at radius 3 is 2.70 bits per heavy atom. The smallest absolute Gasteiger partial charge is 0.337 e. The van der Waals surface area contributed by atoms with Gasteiger partial charge in [-0.3, -0.25) is 0 Å². The first-order valence-corrected chi connectivity index (χ1v) is 7.24. The molecule has 0 aliphatic rings. The van der Waals surface area contributed by atoms with E-state index in [4.69, 9.17) is 11.6 Å². The molecule has 0 N–H and O–H groups in total. The summed E-state index contributed by atoms with van der Waals surface area (Å²) in [6.07, 6.45) is 0. The molecule has 23 heavy (non-hydrogen) atoms. The highest BCUT2D eigenvalue weighted by atomic mass is 35.5. The van der Waals surface area contributed by atoms with Crippen LogP contribution in [-0.4, -0.2) is 33.3 Å². The third kappa shape index (κ3) is 3.54. The number of hydrogen-bond acceptors (Lipinski definition) is 5. The van der Waals surface area contributed by atoms with Crippen LogP contribution in [0.2, 0.25) is 5.02 Å². The Balaban J connectivity index is 1.75. The van der Waals surface area contributed by atoms with E-state index in [0.717, 1.165) is 11.1 Å². The number of esters is 1. The quantitative estimate of drug-likeness (QED) is 0.689. The second kappa shape index (κ2) is 6.58. The van der Waals surface area contributed by atoms with Gasteiger partial charge in [0.05, 0.1) is 19.2 Å². The van der Waals surface area contributed by atoms with Gasteiger partial charge in [-0.1, -0.05) is 35.9 Å². The van der Waals surface area contributed by atoms with Gasteiger partial charge in [0.15, 0.2) is 0 Å². The van der Waals surface area contributed by atoms with Crippen molar-refractivity contribution in [3.05, 3.63) is 64.7 Å². The Morgan fingerprint density at radius 2 is 2.00 bits per heavy atom. The number of halogens is 1. The molecule has 0 spiro atoms. The number of nitrogens with zero attached hydrogens (tertiary/aromatic N) is 4. The number of rotatable bonds is 4. The molecule has 7 heteroatoms. The zero-order valence-corrected chi connectivity index (χ0v) is 13.1. The standard InChI is InChI=1S/C16H13ClN4O2/c1-23-16(22)12-7-5-11(6-8-12)10-21-19-15(18-20-21)13-3-2-4-14(17)9-13/h2-9H,10H2,1H3. The molecule has 0 aliphatic heterocycles. The van der Waals surface area contributed by atoms with Crippen molar-refractivity contribution in [2.75, 3.05) is 7.11 Å². The van der Waals surface area contributed by atoms with Gasteiger partial charge in [-0.2, -0.15) is 4.80 Å². The second-order valence-corrected chi connectivity index (χ2v) is 5.28. The molecular weight excluding hydrogens is 316 g/mol. The number of tetrazole rings is 1. The maximum absolute atomic E-state index is 11.4. The molecule has 0 unspecified atom stereocenters. The number of ether oxygens (including phenoxy) is 1. The lowest BCUT2D eigenvalue weighted by atomic mass is 10.1. The average molecular weight is 329 g/mol. The first-order chi connectivity index (χ1) is 11.2. The fraction of sp³-hybridized carbons (Fsp3) is 0.125. The third-order valence-electron chi connectivity index (χ3n) is 3.23. The lowest BCUT2D eigenvalue weighted by Gasteiger charge is -2.02. The summed E-state index contributed by atoms with van der Waals surface area (Å²) in [5, 5.41) is 13.0. The Labute approximate surface area is 137 Å². The van der Waals surface area contributed by atoms with Crippen LogP contribution in [0.25, 0.3) is 11.4 Å². The zero-order valence-electron chi connectivity index (χ0n) is 12.3. The van der Waals surface area contributed by atoms with Crippen LogP contribution >= 0.6 is 11.6 Å². The highest BCUT2D eigenvalue weighted by Gasteiger charge is 2.08. The van der Waals surface area contributed by atoms with Gasteiger partial charge in [0.1, 0.15) is 0 Å². The maximum atomic E-state index is 11.4. The van der Waals surface area contributed by atoms with Crippen LogP contribution in [0.1, 0.15) is 15.9 Å². The Kier molecular flexibility index (Phi) is 4.34. The SMILES string of the molecule is COC(=O)c1ccc(Cn2nnc(-c3cccc(Cl)c3)n2)cc1. The molecule has 3 aromatic rings. The minimum Gasteiger partial charge on any atom is -0.465 e. The van der Waals surface area contributed by atoms with Crippen LogP contribution in [0, 0.1) is 0 Å². The average Bonchev–Trinajstić information content (AvgIpc) is 3.03. The lowest BCUT2D eigenvalue weighted by Crippen LogP contribution is -2.05. The second-order valence-electron chi connectivity index (χ2n) is 4.84. The van der Waals surface area contributed by atoms with Crippen molar-refractivity contribution in [1.29, 1.82) is 0 Å². The Bertz CT molecular complexity index is 830. The summed E-state index contributed by atoms with van der Waals surface area (Å²) in [5.41, 5.74) is 2.26. The van der Waals surface area contributed by atoms with Gasteiger partial charge >= 0.3 is 5.97 Å². The van der Waals surface area contributed by atoms with Gasteiger partial charge in [-0.15, -0.1) is 10.2 Å². The van der Waals surface area contributed by atoms with E-state index in [2.05, 4.69) is 20.1 Å². The third-order valence-corrected chi connectivity index (χ3v) is 3.47. The molecule has 1 heterocycles. The van der Waals surface area contributed by atoms with E-state index in [9.17, 15) is 4.79 Å². The fourth-order valence-electron chi connectivity index (χ4n) is 2.08. The summed E-state index contributed by atoms with van der Waals surface area (Å²) in [6.45, 7) is 0.453. The van der Waals surface area contributed by atoms with Crippen LogP contribution in [0.3, 0.4) is 0 Å². The summed E-state index contributed by atoms with van der Waals surface area (Å²) in [7, 11) is 1.35. The van der Waals surface area contributed by atoms with Crippen molar-refractivity contribution in [3.8, 4) is 11.4 Å². The molecule has 116 valence electrons. The summed E-state index contributed by atoms with van der Waals surface area (Å²) in [4.78, 5) is 12.9. The molecule has 0 aliphatic carbocycles. The number of hydrogen-bond donors (Lipinski definition) is 0. The molecule has 6 nitrogen and oxygen atoms in total. The lowest BCUT2D eigenvalue weighted by molar-refractivity contribution is 0.0600. The van der Waals surface area contributed by atoms with Gasteiger partial charge in [0.25, 0.3) is 0 Å². The van der Waals surface area contributed by atoms with Gasteiger partial charge in [0.2, 0.25) is 5.82 Å². The molecular formula is C16H13ClN4O2. The van der Waals surface area contributed by atoms with Crippen molar-refractivity contribution in [2.45, 2.75) is 6.54 Å². The van der Waals surface area contributed by atoms with Gasteiger partial charge in [0, 0.05) is 10.6 Å². The van der Waals surface area contributed by atoms with Crippen LogP contribution in [0.5, 0.6) is 0 Å². The van der Waals surface area contributed by atoms with E-state index in [1.54, 1.807) is 24.3 Å². The number of methoxy groups -OCH3 is 1. The van der Waals surface area contributed by atoms with E-state index in [1.165, 1.54) is 11.9 Å². The summed E-state index contributed by atoms with van der Waals surface area (Å²) >= 11 is 5.96. The van der Waals surface area contributed by atoms with Crippen LogP contribution < -0.4 is 0 Å². The molecule has 0 radical (unpaired) electrons. The molecule has 2 aromatic carbocycles. The van der Waals surface area contributed by atoms with E-state index in [1.807, 2.05) is 24.3 Å². The molecule has 0 saturated heterocycles. The molecule has 1 aromatic heterocycles. The van der Waals surface area contributed by atoms with Crippen molar-refractivity contribution >= 4 is 17.6 Å². The van der Waals surface area contributed by atoms with Crippen molar-refractivity contribution < 1.29 is 9.53 Å². The predicted octanol–water partition coefficient (Wildman–Crippen LogP) is 2.83. The number of benzene rings is 2. The first kappa shape index (κ1) is 15.2. The Morgan fingerprint density at radius 1 is 1.22 bits per heavy atom.